The number of carboxylic acids is 1. The van der Waals surface area contributed by atoms with Crippen LogP contribution in [0.5, 0.6) is 5.75 Å². The third-order valence-electron chi connectivity index (χ3n) is 2.08. The van der Waals surface area contributed by atoms with Gasteiger partial charge in [0.05, 0.1) is 24.1 Å². The molecule has 0 amide bonds. The van der Waals surface area contributed by atoms with Crippen molar-refractivity contribution >= 4 is 35.0 Å². The lowest BCUT2D eigenvalue weighted by Crippen LogP contribution is -2.06. The molecule has 0 aromatic heterocycles. The quantitative estimate of drug-likeness (QED) is 0.840. The van der Waals surface area contributed by atoms with E-state index in [4.69, 9.17) is 33.0 Å². The van der Waals surface area contributed by atoms with Crippen molar-refractivity contribution in [2.75, 3.05) is 7.11 Å². The van der Waals surface area contributed by atoms with Gasteiger partial charge >= 0.3 is 5.97 Å². The molecule has 0 saturated carbocycles. The maximum atomic E-state index is 11.8. The van der Waals surface area contributed by atoms with Crippen LogP contribution in [0.2, 0.25) is 10.0 Å². The maximum Gasteiger partial charge on any atom is 0.303 e. The molecule has 0 spiro atoms. The molecule has 1 aromatic carbocycles. The highest BCUT2D eigenvalue weighted by atomic mass is 35.5. The van der Waals surface area contributed by atoms with E-state index in [1.165, 1.54) is 19.2 Å². The average molecular weight is 277 g/mol. The summed E-state index contributed by atoms with van der Waals surface area (Å²) >= 11 is 11.6. The van der Waals surface area contributed by atoms with Gasteiger partial charge in [-0.25, -0.2) is 0 Å². The van der Waals surface area contributed by atoms with Gasteiger partial charge < -0.3 is 9.84 Å². The molecule has 0 heterocycles. The monoisotopic (exact) mass is 276 g/mol. The summed E-state index contributed by atoms with van der Waals surface area (Å²) < 4.78 is 5.00. The summed E-state index contributed by atoms with van der Waals surface area (Å²) in [6, 6.07) is 2.87. The SMILES string of the molecule is COc1c(Cl)cc(Cl)cc1C(=O)CCC(=O)O. The molecule has 1 rings (SSSR count). The Morgan fingerprint density at radius 1 is 1.29 bits per heavy atom. The van der Waals surface area contributed by atoms with Crippen molar-refractivity contribution in [2.24, 2.45) is 0 Å². The smallest absolute Gasteiger partial charge is 0.303 e. The van der Waals surface area contributed by atoms with Crippen molar-refractivity contribution in [1.82, 2.24) is 0 Å². The normalized spacial score (nSPS) is 10.1. The first-order valence-corrected chi connectivity index (χ1v) is 5.49. The minimum Gasteiger partial charge on any atom is -0.494 e. The van der Waals surface area contributed by atoms with Crippen LogP contribution in [0.25, 0.3) is 0 Å². The fourth-order valence-corrected chi connectivity index (χ4v) is 1.90. The molecule has 0 aliphatic carbocycles. The molecule has 1 N–H and O–H groups in total. The van der Waals surface area contributed by atoms with E-state index < -0.39 is 5.97 Å². The number of rotatable bonds is 5. The van der Waals surface area contributed by atoms with Crippen molar-refractivity contribution in [1.29, 1.82) is 0 Å². The van der Waals surface area contributed by atoms with Gasteiger partial charge in [-0.1, -0.05) is 23.2 Å². The molecule has 0 saturated heterocycles. The van der Waals surface area contributed by atoms with E-state index in [2.05, 4.69) is 0 Å². The zero-order valence-corrected chi connectivity index (χ0v) is 10.5. The van der Waals surface area contributed by atoms with E-state index in [0.717, 1.165) is 0 Å². The van der Waals surface area contributed by atoms with Gasteiger partial charge in [-0.05, 0) is 12.1 Å². The lowest BCUT2D eigenvalue weighted by Gasteiger charge is -2.09. The zero-order valence-electron chi connectivity index (χ0n) is 9.00. The number of carbonyl (C=O) groups is 2. The summed E-state index contributed by atoms with van der Waals surface area (Å²) in [6.07, 6.45) is -0.367. The number of methoxy groups -OCH3 is 1. The molecule has 0 unspecified atom stereocenters. The van der Waals surface area contributed by atoms with Crippen molar-refractivity contribution in [3.63, 3.8) is 0 Å². The number of benzene rings is 1. The Morgan fingerprint density at radius 3 is 2.47 bits per heavy atom. The number of aliphatic carboxylic acids is 1. The minimum atomic E-state index is -1.04. The fourth-order valence-electron chi connectivity index (χ4n) is 1.33. The number of carboxylic acid groups (broad SMARTS) is 1. The largest absolute Gasteiger partial charge is 0.494 e. The van der Waals surface area contributed by atoms with Crippen LogP contribution < -0.4 is 4.74 Å². The van der Waals surface area contributed by atoms with Gasteiger partial charge in [0.1, 0.15) is 5.75 Å². The van der Waals surface area contributed by atoms with E-state index in [-0.39, 0.29) is 35.0 Å². The number of halogens is 2. The van der Waals surface area contributed by atoms with E-state index in [9.17, 15) is 9.59 Å². The van der Waals surface area contributed by atoms with Crippen LogP contribution in [0.15, 0.2) is 12.1 Å². The summed E-state index contributed by atoms with van der Waals surface area (Å²) in [5, 5.41) is 9.03. The summed E-state index contributed by atoms with van der Waals surface area (Å²) in [6.45, 7) is 0. The van der Waals surface area contributed by atoms with Crippen LogP contribution in [0, 0.1) is 0 Å². The summed E-state index contributed by atoms with van der Waals surface area (Å²) in [4.78, 5) is 22.2. The molecule has 0 aliphatic rings. The van der Waals surface area contributed by atoms with Crippen molar-refractivity contribution < 1.29 is 19.4 Å². The number of hydrogen-bond acceptors (Lipinski definition) is 3. The van der Waals surface area contributed by atoms with Gasteiger partial charge in [0, 0.05) is 11.4 Å². The van der Waals surface area contributed by atoms with Crippen molar-refractivity contribution in [3.8, 4) is 5.75 Å². The predicted octanol–water partition coefficient (Wildman–Crippen LogP) is 3.05. The second kappa shape index (κ2) is 5.89. The second-order valence-corrected chi connectivity index (χ2v) is 4.13. The van der Waals surface area contributed by atoms with Crippen LogP contribution >= 0.6 is 23.2 Å². The number of Topliss-reactive ketones (excluding diaryl/α,β-unsaturated/α-hetero) is 1. The predicted molar refractivity (Wildman–Crippen MR) is 64.2 cm³/mol. The van der Waals surface area contributed by atoms with Crippen LogP contribution in [-0.2, 0) is 4.79 Å². The maximum absolute atomic E-state index is 11.8. The lowest BCUT2D eigenvalue weighted by atomic mass is 10.1. The number of ether oxygens (including phenoxy) is 1. The van der Waals surface area contributed by atoms with E-state index in [0.29, 0.717) is 5.02 Å². The molecular weight excluding hydrogens is 267 g/mol. The highest BCUT2D eigenvalue weighted by Gasteiger charge is 2.17. The first kappa shape index (κ1) is 13.8. The molecule has 92 valence electrons. The summed E-state index contributed by atoms with van der Waals surface area (Å²) in [5.41, 5.74) is 0.200. The highest BCUT2D eigenvalue weighted by molar-refractivity contribution is 6.36. The van der Waals surface area contributed by atoms with Gasteiger partial charge in [0.2, 0.25) is 0 Å². The Labute approximate surface area is 108 Å². The standard InChI is InChI=1S/C11H10Cl2O4/c1-17-11-7(4-6(12)5-8(11)13)9(14)2-3-10(15)16/h4-5H,2-3H2,1H3,(H,15,16). The van der Waals surface area contributed by atoms with Crippen LogP contribution in [0.3, 0.4) is 0 Å². The van der Waals surface area contributed by atoms with Crippen molar-refractivity contribution in [3.05, 3.63) is 27.7 Å². The van der Waals surface area contributed by atoms with Crippen LogP contribution in [0.4, 0.5) is 0 Å². The third kappa shape index (κ3) is 3.61. The lowest BCUT2D eigenvalue weighted by molar-refractivity contribution is -0.136. The van der Waals surface area contributed by atoms with Crippen LogP contribution in [-0.4, -0.2) is 24.0 Å². The van der Waals surface area contributed by atoms with E-state index in [1.807, 2.05) is 0 Å². The fraction of sp³-hybridized carbons (Fsp3) is 0.273. The average Bonchev–Trinajstić information content (AvgIpc) is 2.24. The molecule has 0 radical (unpaired) electrons. The number of hydrogen-bond donors (Lipinski definition) is 1. The summed E-state index contributed by atoms with van der Waals surface area (Å²) in [7, 11) is 1.38. The molecule has 1 aromatic rings. The zero-order chi connectivity index (χ0) is 13.0. The third-order valence-corrected chi connectivity index (χ3v) is 2.58. The molecule has 6 heteroatoms. The number of ketones is 1. The molecule has 0 atom stereocenters. The van der Waals surface area contributed by atoms with E-state index >= 15 is 0 Å². The number of carbonyl (C=O) groups excluding carboxylic acids is 1. The van der Waals surface area contributed by atoms with Gasteiger partial charge in [-0.15, -0.1) is 0 Å². The Hall–Kier alpha value is -1.26. The summed E-state index contributed by atoms with van der Waals surface area (Å²) in [5.74, 6) is -1.19. The van der Waals surface area contributed by atoms with Gasteiger partial charge in [-0.3, -0.25) is 9.59 Å². The van der Waals surface area contributed by atoms with Gasteiger partial charge in [0.15, 0.2) is 5.78 Å². The Balaban J connectivity index is 3.03. The first-order valence-electron chi connectivity index (χ1n) is 4.73. The Kier molecular flexibility index (Phi) is 4.78. The minimum absolute atomic E-state index is 0.123. The van der Waals surface area contributed by atoms with Crippen LogP contribution in [0.1, 0.15) is 23.2 Å². The van der Waals surface area contributed by atoms with Gasteiger partial charge in [-0.2, -0.15) is 0 Å². The molecule has 4 nitrogen and oxygen atoms in total. The van der Waals surface area contributed by atoms with E-state index in [1.54, 1.807) is 0 Å². The first-order chi connectivity index (χ1) is 7.95. The second-order valence-electron chi connectivity index (χ2n) is 3.29. The Morgan fingerprint density at radius 2 is 1.94 bits per heavy atom. The molecule has 17 heavy (non-hydrogen) atoms. The molecule has 0 aliphatic heterocycles. The highest BCUT2D eigenvalue weighted by Crippen LogP contribution is 2.33. The Bertz CT molecular complexity index is 457. The molecular formula is C11H10Cl2O4. The molecule has 0 bridgehead atoms. The van der Waals surface area contributed by atoms with Crippen molar-refractivity contribution in [2.45, 2.75) is 12.8 Å². The molecule has 0 fully saturated rings. The van der Waals surface area contributed by atoms with Gasteiger partial charge in [0.25, 0.3) is 0 Å². The topological polar surface area (TPSA) is 63.6 Å².